The van der Waals surface area contributed by atoms with Gasteiger partial charge >= 0.3 is 6.18 Å². The van der Waals surface area contributed by atoms with Gasteiger partial charge in [0, 0.05) is 58.6 Å². The maximum absolute atomic E-state index is 13.0. The van der Waals surface area contributed by atoms with Crippen LogP contribution in [-0.4, -0.2) is 104 Å². The Balaban J connectivity index is 0.000000361. The standard InChI is InChI=1S/C11H18F2N3O2P.C10H13F3N4/c1-14-15-10(3-4-16(2)5-6-17)7-9(8-18)11(12,13)19;1-16-2-4-17(5-3-16)9-14-6-8(7-15-9)10(11,12)13/h6-8,14H,3-5,19H2,1-2H3;6-7H,2-5H2,1H3/b9-7+,15-10-;. The van der Waals surface area contributed by atoms with Crippen molar-refractivity contribution in [3.63, 3.8) is 0 Å². The fraction of sp³-hybridized carbons (Fsp3) is 0.571. The Morgan fingerprint density at radius 1 is 1.17 bits per heavy atom. The van der Waals surface area contributed by atoms with Crippen LogP contribution < -0.4 is 10.3 Å². The van der Waals surface area contributed by atoms with Crippen LogP contribution in [0.1, 0.15) is 12.0 Å². The molecule has 0 spiro atoms. The van der Waals surface area contributed by atoms with Gasteiger partial charge in [0.25, 0.3) is 5.66 Å². The van der Waals surface area contributed by atoms with Crippen LogP contribution in [0.2, 0.25) is 0 Å². The van der Waals surface area contributed by atoms with Gasteiger partial charge in [-0.2, -0.15) is 27.1 Å². The zero-order valence-corrected chi connectivity index (χ0v) is 21.5. The minimum atomic E-state index is -4.37. The molecule has 1 aromatic rings. The van der Waals surface area contributed by atoms with Gasteiger partial charge < -0.3 is 20.0 Å². The van der Waals surface area contributed by atoms with E-state index >= 15 is 0 Å². The molecule has 15 heteroatoms. The molecule has 1 aliphatic heterocycles. The number of aromatic nitrogens is 2. The third-order valence-electron chi connectivity index (χ3n) is 4.98. The summed E-state index contributed by atoms with van der Waals surface area (Å²) in [6.45, 7) is 3.92. The number of anilines is 1. The molecule has 1 aliphatic rings. The Morgan fingerprint density at radius 3 is 2.19 bits per heavy atom. The number of hydrazone groups is 1. The second kappa shape index (κ2) is 14.9. The number of hydrogen-bond acceptors (Lipinski definition) is 9. The van der Waals surface area contributed by atoms with Crippen molar-refractivity contribution in [2.45, 2.75) is 18.3 Å². The Bertz CT molecular complexity index is 884. The zero-order valence-electron chi connectivity index (χ0n) is 20.3. The van der Waals surface area contributed by atoms with E-state index in [9.17, 15) is 31.5 Å². The normalized spacial score (nSPS) is 15.9. The van der Waals surface area contributed by atoms with Crippen molar-refractivity contribution in [2.24, 2.45) is 5.10 Å². The second-order valence-corrected chi connectivity index (χ2v) is 8.63. The number of piperazine rings is 1. The monoisotopic (exact) mass is 539 g/mol. The number of allylic oxidation sites excluding steroid dienone is 2. The first-order chi connectivity index (χ1) is 16.8. The van der Waals surface area contributed by atoms with Crippen molar-refractivity contribution >= 4 is 33.5 Å². The second-order valence-electron chi connectivity index (χ2n) is 7.91. The summed E-state index contributed by atoms with van der Waals surface area (Å²) in [6, 6.07) is 0. The number of carbonyl (C=O) groups is 2. The molecule has 36 heavy (non-hydrogen) atoms. The first kappa shape index (κ1) is 31.5. The lowest BCUT2D eigenvalue weighted by molar-refractivity contribution is -0.138. The SMILES string of the molecule is CN/N=C(\C=C(/C=O)C(F)(F)P)CCN(C)CC=O.CN1CCN(c2ncc(C(F)(F)F)cn2)CC1. The molecule has 0 bridgehead atoms. The largest absolute Gasteiger partial charge is 0.419 e. The van der Waals surface area contributed by atoms with E-state index in [0.29, 0.717) is 24.6 Å². The first-order valence-corrected chi connectivity index (χ1v) is 11.4. The van der Waals surface area contributed by atoms with Crippen LogP contribution in [0.3, 0.4) is 0 Å². The summed E-state index contributed by atoms with van der Waals surface area (Å²) in [5.74, 6) is 0.367. The van der Waals surface area contributed by atoms with Gasteiger partial charge in [0.2, 0.25) is 5.95 Å². The van der Waals surface area contributed by atoms with Crippen LogP contribution in [0.25, 0.3) is 0 Å². The molecule has 1 atom stereocenters. The Hall–Kier alpha value is -2.57. The van der Waals surface area contributed by atoms with Gasteiger partial charge in [-0.3, -0.25) is 9.69 Å². The van der Waals surface area contributed by atoms with Crippen molar-refractivity contribution in [1.29, 1.82) is 0 Å². The topological polar surface area (TPSA) is 94.0 Å². The van der Waals surface area contributed by atoms with Gasteiger partial charge in [-0.25, -0.2) is 9.97 Å². The molecule has 0 aromatic carbocycles. The zero-order chi connectivity index (χ0) is 27.4. The molecular formula is C21H31F5N7O2P. The highest BCUT2D eigenvalue weighted by atomic mass is 31.0. The minimum Gasteiger partial charge on any atom is -0.338 e. The van der Waals surface area contributed by atoms with Crippen LogP contribution in [-0.2, 0) is 15.8 Å². The van der Waals surface area contributed by atoms with E-state index in [2.05, 4.69) is 25.4 Å². The number of nitrogens with one attached hydrogen (secondary N) is 1. The number of alkyl halides is 5. The highest BCUT2D eigenvalue weighted by Crippen LogP contribution is 2.30. The molecule has 1 aromatic heterocycles. The number of hydrogen-bond donors (Lipinski definition) is 1. The van der Waals surface area contributed by atoms with E-state index in [1.807, 2.05) is 11.9 Å². The summed E-state index contributed by atoms with van der Waals surface area (Å²) in [4.78, 5) is 34.2. The maximum Gasteiger partial charge on any atom is 0.419 e. The number of aldehydes is 2. The summed E-state index contributed by atoms with van der Waals surface area (Å²) in [5.41, 5.74) is -1.96. The molecule has 1 N–H and O–H groups in total. The smallest absolute Gasteiger partial charge is 0.338 e. The Morgan fingerprint density at radius 2 is 1.75 bits per heavy atom. The average Bonchev–Trinajstić information content (AvgIpc) is 2.80. The van der Waals surface area contributed by atoms with Crippen molar-refractivity contribution in [2.75, 3.05) is 65.3 Å². The Labute approximate surface area is 209 Å². The highest BCUT2D eigenvalue weighted by molar-refractivity contribution is 7.18. The number of halogens is 5. The third kappa shape index (κ3) is 11.4. The van der Waals surface area contributed by atoms with Gasteiger partial charge in [-0.1, -0.05) is 9.24 Å². The molecule has 0 aliphatic carbocycles. The van der Waals surface area contributed by atoms with E-state index in [1.165, 1.54) is 16.3 Å². The van der Waals surface area contributed by atoms with E-state index in [-0.39, 0.29) is 12.8 Å². The predicted octanol–water partition coefficient (Wildman–Crippen LogP) is 1.92. The lowest BCUT2D eigenvalue weighted by Crippen LogP contribution is -2.45. The van der Waals surface area contributed by atoms with Crippen LogP contribution in [0.5, 0.6) is 0 Å². The molecular weight excluding hydrogens is 508 g/mol. The van der Waals surface area contributed by atoms with Crippen LogP contribution in [0.15, 0.2) is 29.1 Å². The van der Waals surface area contributed by atoms with Gasteiger partial charge in [-0.05, 0) is 20.2 Å². The highest BCUT2D eigenvalue weighted by Gasteiger charge is 2.31. The number of carbonyl (C=O) groups excluding carboxylic acids is 2. The third-order valence-corrected chi connectivity index (χ3v) is 5.31. The first-order valence-electron chi connectivity index (χ1n) is 10.8. The minimum absolute atomic E-state index is 0.104. The molecule has 202 valence electrons. The van der Waals surface area contributed by atoms with Crippen LogP contribution in [0, 0.1) is 0 Å². The summed E-state index contributed by atoms with van der Waals surface area (Å²) < 4.78 is 63.0. The lowest BCUT2D eigenvalue weighted by atomic mass is 10.1. The summed E-state index contributed by atoms with van der Waals surface area (Å²) in [7, 11) is 6.57. The van der Waals surface area contributed by atoms with Crippen LogP contribution in [0.4, 0.5) is 27.9 Å². The molecule has 2 rings (SSSR count). The van der Waals surface area contributed by atoms with Crippen LogP contribution >= 0.6 is 9.24 Å². The van der Waals surface area contributed by atoms with Crippen molar-refractivity contribution in [3.8, 4) is 0 Å². The van der Waals surface area contributed by atoms with Gasteiger partial charge in [-0.15, -0.1) is 0 Å². The summed E-state index contributed by atoms with van der Waals surface area (Å²) in [5, 5.41) is 3.83. The fourth-order valence-electron chi connectivity index (χ4n) is 2.85. The van der Waals surface area contributed by atoms with E-state index < -0.39 is 23.0 Å². The fourth-order valence-corrected chi connectivity index (χ4v) is 3.00. The molecule has 0 saturated carbocycles. The molecule has 9 nitrogen and oxygen atoms in total. The number of nitrogens with zero attached hydrogens (tertiary/aromatic N) is 6. The van der Waals surface area contributed by atoms with Crippen molar-refractivity contribution in [3.05, 3.63) is 29.6 Å². The van der Waals surface area contributed by atoms with Gasteiger partial charge in [0.05, 0.1) is 23.4 Å². The number of rotatable bonds is 10. The lowest BCUT2D eigenvalue weighted by Gasteiger charge is -2.32. The van der Waals surface area contributed by atoms with Gasteiger partial charge in [0.1, 0.15) is 6.29 Å². The van der Waals surface area contributed by atoms with Crippen molar-refractivity contribution < 1.29 is 31.5 Å². The predicted molar refractivity (Wildman–Crippen MR) is 130 cm³/mol. The number of likely N-dealkylation sites (N-methyl/N-ethyl adjacent to an activating group) is 2. The molecule has 1 unspecified atom stereocenters. The molecule has 1 saturated heterocycles. The quantitative estimate of drug-likeness (QED) is 0.120. The van der Waals surface area contributed by atoms with E-state index in [0.717, 1.165) is 50.9 Å². The maximum atomic E-state index is 13.0. The summed E-state index contributed by atoms with van der Waals surface area (Å²) >= 11 is 0. The van der Waals surface area contributed by atoms with Crippen molar-refractivity contribution in [1.82, 2.24) is 25.2 Å². The Kier molecular flexibility index (Phi) is 13.0. The molecule has 2 heterocycles. The molecule has 0 radical (unpaired) electrons. The van der Waals surface area contributed by atoms with E-state index in [1.54, 1.807) is 11.9 Å². The summed E-state index contributed by atoms with van der Waals surface area (Å²) in [6.07, 6.45) is -0.470. The van der Waals surface area contributed by atoms with Gasteiger partial charge in [0.15, 0.2) is 6.29 Å². The van der Waals surface area contributed by atoms with E-state index in [4.69, 9.17) is 0 Å². The molecule has 0 amide bonds. The molecule has 1 fully saturated rings. The average molecular weight is 539 g/mol.